The van der Waals surface area contributed by atoms with Crippen molar-refractivity contribution in [2.45, 2.75) is 45.3 Å². The lowest BCUT2D eigenvalue weighted by Crippen LogP contribution is -2.34. The Balaban J connectivity index is 1.52. The molecule has 4 nitrogen and oxygen atoms in total. The Morgan fingerprint density at radius 2 is 2.22 bits per heavy atom. The van der Waals surface area contributed by atoms with Crippen LogP contribution in [-0.2, 0) is 24.4 Å². The van der Waals surface area contributed by atoms with Gasteiger partial charge in [0.2, 0.25) is 0 Å². The predicted molar refractivity (Wildman–Crippen MR) is 92.7 cm³/mol. The fourth-order valence-corrected chi connectivity index (χ4v) is 4.47. The zero-order valence-electron chi connectivity index (χ0n) is 14.0. The van der Waals surface area contributed by atoms with Crippen molar-refractivity contribution in [2.75, 3.05) is 20.3 Å². The summed E-state index contributed by atoms with van der Waals surface area (Å²) in [6.45, 7) is 7.10. The number of hydrogen-bond donors (Lipinski definition) is 0. The smallest absolute Gasteiger partial charge is 0.0801 e. The summed E-state index contributed by atoms with van der Waals surface area (Å²) in [5, 5.41) is 4.88. The second-order valence-corrected chi connectivity index (χ2v) is 8.40. The van der Waals surface area contributed by atoms with E-state index in [0.29, 0.717) is 5.92 Å². The molecule has 0 radical (unpaired) electrons. The predicted octanol–water partition coefficient (Wildman–Crippen LogP) is 3.41. The third-order valence-electron chi connectivity index (χ3n) is 4.85. The summed E-state index contributed by atoms with van der Waals surface area (Å²) in [6.07, 6.45) is 5.02. The Morgan fingerprint density at radius 1 is 1.35 bits per heavy atom. The SMILES string of the molecule is COC[C@@H]1CN(Cc2ccc(C)s2)Cc2nn(CC3CC3)cc21. The van der Waals surface area contributed by atoms with Crippen molar-refractivity contribution in [1.82, 2.24) is 14.7 Å². The molecule has 124 valence electrons. The van der Waals surface area contributed by atoms with Crippen molar-refractivity contribution in [3.63, 3.8) is 0 Å². The summed E-state index contributed by atoms with van der Waals surface area (Å²) < 4.78 is 7.67. The first-order chi connectivity index (χ1) is 11.2. The molecule has 1 atom stereocenters. The lowest BCUT2D eigenvalue weighted by Gasteiger charge is -2.31. The maximum Gasteiger partial charge on any atom is 0.0801 e. The van der Waals surface area contributed by atoms with Gasteiger partial charge in [-0.1, -0.05) is 0 Å². The van der Waals surface area contributed by atoms with Crippen LogP contribution >= 0.6 is 11.3 Å². The van der Waals surface area contributed by atoms with Crippen LogP contribution in [0.25, 0.3) is 0 Å². The van der Waals surface area contributed by atoms with Crippen molar-refractivity contribution >= 4 is 11.3 Å². The standard InChI is InChI=1S/C18H25N3OS/c1-13-3-6-16(23-13)9-20-8-15(12-22-2)17-10-21(7-14-4-5-14)19-18(17)11-20/h3,6,10,14-15H,4-5,7-9,11-12H2,1-2H3/t15-/m0/s1. The molecule has 1 aliphatic heterocycles. The first-order valence-corrected chi connectivity index (χ1v) is 9.35. The molecule has 2 aromatic rings. The van der Waals surface area contributed by atoms with Crippen LogP contribution in [-0.4, -0.2) is 34.9 Å². The van der Waals surface area contributed by atoms with Gasteiger partial charge in [0, 0.05) is 60.7 Å². The van der Waals surface area contributed by atoms with Gasteiger partial charge in [0.1, 0.15) is 0 Å². The first kappa shape index (κ1) is 15.4. The van der Waals surface area contributed by atoms with E-state index in [1.807, 2.05) is 11.3 Å². The Hall–Kier alpha value is -1.17. The van der Waals surface area contributed by atoms with Crippen molar-refractivity contribution in [2.24, 2.45) is 5.92 Å². The van der Waals surface area contributed by atoms with Gasteiger partial charge in [0.05, 0.1) is 12.3 Å². The monoisotopic (exact) mass is 331 g/mol. The van der Waals surface area contributed by atoms with Crippen molar-refractivity contribution in [3.8, 4) is 0 Å². The topological polar surface area (TPSA) is 30.3 Å². The van der Waals surface area contributed by atoms with E-state index in [0.717, 1.165) is 38.7 Å². The third-order valence-corrected chi connectivity index (χ3v) is 5.83. The summed E-state index contributed by atoms with van der Waals surface area (Å²) in [6, 6.07) is 4.47. The van der Waals surface area contributed by atoms with Crippen LogP contribution in [0.5, 0.6) is 0 Å². The summed E-state index contributed by atoms with van der Waals surface area (Å²) in [5.41, 5.74) is 2.67. The number of methoxy groups -OCH3 is 1. The van der Waals surface area contributed by atoms with E-state index >= 15 is 0 Å². The molecule has 0 spiro atoms. The van der Waals surface area contributed by atoms with Crippen molar-refractivity contribution in [3.05, 3.63) is 39.3 Å². The van der Waals surface area contributed by atoms with Gasteiger partial charge < -0.3 is 4.74 Å². The normalized spacial score (nSPS) is 21.6. The highest BCUT2D eigenvalue weighted by molar-refractivity contribution is 7.11. The van der Waals surface area contributed by atoms with Crippen LogP contribution in [0.15, 0.2) is 18.3 Å². The zero-order valence-corrected chi connectivity index (χ0v) is 14.8. The molecule has 2 aromatic heterocycles. The Labute approximate surface area is 142 Å². The highest BCUT2D eigenvalue weighted by atomic mass is 32.1. The van der Waals surface area contributed by atoms with Gasteiger partial charge in [-0.15, -0.1) is 11.3 Å². The maximum absolute atomic E-state index is 5.48. The van der Waals surface area contributed by atoms with E-state index in [2.05, 4.69) is 34.8 Å². The lowest BCUT2D eigenvalue weighted by molar-refractivity contribution is 0.136. The lowest BCUT2D eigenvalue weighted by atomic mass is 9.95. The molecule has 1 fully saturated rings. The summed E-state index contributed by atoms with van der Waals surface area (Å²) in [4.78, 5) is 5.35. The molecule has 3 heterocycles. The van der Waals surface area contributed by atoms with Crippen LogP contribution in [0.2, 0.25) is 0 Å². The number of ether oxygens (including phenoxy) is 1. The van der Waals surface area contributed by atoms with Crippen molar-refractivity contribution < 1.29 is 4.74 Å². The van der Waals surface area contributed by atoms with E-state index in [1.54, 1.807) is 7.11 Å². The summed E-state index contributed by atoms with van der Waals surface area (Å²) in [5.74, 6) is 1.31. The maximum atomic E-state index is 5.48. The second-order valence-electron chi connectivity index (χ2n) is 7.03. The Morgan fingerprint density at radius 3 is 2.91 bits per heavy atom. The number of thiophene rings is 1. The average Bonchev–Trinajstić information content (AvgIpc) is 3.08. The molecule has 4 rings (SSSR count). The number of nitrogens with zero attached hydrogens (tertiary/aromatic N) is 3. The van der Waals surface area contributed by atoms with E-state index in [1.165, 1.54) is 33.9 Å². The minimum Gasteiger partial charge on any atom is -0.384 e. The van der Waals surface area contributed by atoms with Crippen LogP contribution in [0, 0.1) is 12.8 Å². The molecule has 0 amide bonds. The minimum atomic E-state index is 0.442. The molecule has 0 unspecified atom stereocenters. The number of hydrogen-bond acceptors (Lipinski definition) is 4. The molecule has 5 heteroatoms. The van der Waals surface area contributed by atoms with Gasteiger partial charge in [0.25, 0.3) is 0 Å². The van der Waals surface area contributed by atoms with E-state index in [4.69, 9.17) is 9.84 Å². The zero-order chi connectivity index (χ0) is 15.8. The van der Waals surface area contributed by atoms with Crippen molar-refractivity contribution in [1.29, 1.82) is 0 Å². The van der Waals surface area contributed by atoms with Gasteiger partial charge in [-0.05, 0) is 37.8 Å². The van der Waals surface area contributed by atoms with Crippen LogP contribution in [0.1, 0.15) is 39.8 Å². The van der Waals surface area contributed by atoms with Gasteiger partial charge >= 0.3 is 0 Å². The number of rotatable bonds is 6. The number of aryl methyl sites for hydroxylation is 1. The fourth-order valence-electron chi connectivity index (χ4n) is 3.54. The fraction of sp³-hybridized carbons (Fsp3) is 0.611. The largest absolute Gasteiger partial charge is 0.384 e. The van der Waals surface area contributed by atoms with Gasteiger partial charge in [-0.25, -0.2) is 0 Å². The van der Waals surface area contributed by atoms with Gasteiger partial charge in [-0.3, -0.25) is 9.58 Å². The average molecular weight is 331 g/mol. The molecule has 0 bridgehead atoms. The first-order valence-electron chi connectivity index (χ1n) is 8.54. The van der Waals surface area contributed by atoms with Gasteiger partial charge in [0.15, 0.2) is 0 Å². The second kappa shape index (κ2) is 6.38. The van der Waals surface area contributed by atoms with E-state index in [-0.39, 0.29) is 0 Å². The molecule has 0 N–H and O–H groups in total. The van der Waals surface area contributed by atoms with Crippen LogP contribution < -0.4 is 0 Å². The number of aromatic nitrogens is 2. The van der Waals surface area contributed by atoms with Crippen LogP contribution in [0.4, 0.5) is 0 Å². The Bertz CT molecular complexity index is 674. The summed E-state index contributed by atoms with van der Waals surface area (Å²) >= 11 is 1.90. The van der Waals surface area contributed by atoms with Crippen LogP contribution in [0.3, 0.4) is 0 Å². The van der Waals surface area contributed by atoms with E-state index < -0.39 is 0 Å². The highest BCUT2D eigenvalue weighted by Crippen LogP contribution is 2.33. The minimum absolute atomic E-state index is 0.442. The number of fused-ring (bicyclic) bond motifs is 1. The molecular weight excluding hydrogens is 306 g/mol. The molecule has 0 saturated heterocycles. The highest BCUT2D eigenvalue weighted by Gasteiger charge is 2.30. The molecule has 1 aliphatic carbocycles. The molecule has 0 aromatic carbocycles. The molecule has 23 heavy (non-hydrogen) atoms. The Kier molecular flexibility index (Phi) is 4.26. The van der Waals surface area contributed by atoms with E-state index in [9.17, 15) is 0 Å². The molecule has 2 aliphatic rings. The third kappa shape index (κ3) is 3.52. The quantitative estimate of drug-likeness (QED) is 0.812. The molecule has 1 saturated carbocycles. The summed E-state index contributed by atoms with van der Waals surface area (Å²) in [7, 11) is 1.80. The molecular formula is C18H25N3OS. The van der Waals surface area contributed by atoms with Gasteiger partial charge in [-0.2, -0.15) is 5.10 Å².